The zero-order valence-corrected chi connectivity index (χ0v) is 11.2. The van der Waals surface area contributed by atoms with Crippen LogP contribution in [0, 0.1) is 11.6 Å². The van der Waals surface area contributed by atoms with Crippen LogP contribution in [-0.4, -0.2) is 16.8 Å². The molecule has 0 bridgehead atoms. The van der Waals surface area contributed by atoms with Gasteiger partial charge in [0.05, 0.1) is 0 Å². The number of carbonyl (C=O) groups excluding carboxylic acids is 2. The molecule has 0 aliphatic carbocycles. The Kier molecular flexibility index (Phi) is 4.92. The summed E-state index contributed by atoms with van der Waals surface area (Å²) in [7, 11) is 0. The number of hydrogen-bond donors (Lipinski definition) is 2. The molecule has 0 aliphatic heterocycles. The topological polar surface area (TPSA) is 71.1 Å². The molecule has 0 saturated heterocycles. The second-order valence-electron chi connectivity index (χ2n) is 4.15. The number of hydrogen-bond acceptors (Lipinski definition) is 3. The van der Waals surface area contributed by atoms with Crippen LogP contribution in [0.4, 0.5) is 8.78 Å². The van der Waals surface area contributed by atoms with Crippen LogP contribution in [0.5, 0.6) is 0 Å². The molecule has 7 heteroatoms. The van der Waals surface area contributed by atoms with Gasteiger partial charge in [0.2, 0.25) is 0 Å². The molecule has 1 aromatic carbocycles. The molecule has 0 fully saturated rings. The van der Waals surface area contributed by atoms with E-state index in [1.54, 1.807) is 0 Å². The SMILES string of the molecule is O=C(/C=C/c1c(F)cccc1F)NNC(=O)c1ccncc1. The average molecular weight is 303 g/mol. The number of rotatable bonds is 3. The fourth-order valence-corrected chi connectivity index (χ4v) is 1.56. The number of aromatic nitrogens is 1. The summed E-state index contributed by atoms with van der Waals surface area (Å²) in [5.74, 6) is -2.85. The lowest BCUT2D eigenvalue weighted by atomic mass is 10.2. The molecule has 22 heavy (non-hydrogen) atoms. The van der Waals surface area contributed by atoms with Crippen molar-refractivity contribution in [2.24, 2.45) is 0 Å². The second kappa shape index (κ2) is 7.07. The monoisotopic (exact) mass is 303 g/mol. The Labute approximate surface area is 124 Å². The Morgan fingerprint density at radius 3 is 2.27 bits per heavy atom. The van der Waals surface area contributed by atoms with Crippen molar-refractivity contribution in [3.63, 3.8) is 0 Å². The van der Waals surface area contributed by atoms with Crippen LogP contribution in [0.25, 0.3) is 6.08 Å². The first-order valence-corrected chi connectivity index (χ1v) is 6.20. The number of nitrogens with zero attached hydrogens (tertiary/aromatic N) is 1. The molecule has 0 radical (unpaired) electrons. The maximum absolute atomic E-state index is 13.3. The van der Waals surface area contributed by atoms with Gasteiger partial charge in [-0.3, -0.25) is 25.4 Å². The Bertz CT molecular complexity index is 698. The lowest BCUT2D eigenvalue weighted by Crippen LogP contribution is -2.40. The number of nitrogens with one attached hydrogen (secondary N) is 2. The largest absolute Gasteiger partial charge is 0.269 e. The van der Waals surface area contributed by atoms with Crippen LogP contribution in [0.15, 0.2) is 48.8 Å². The molecule has 0 unspecified atom stereocenters. The van der Waals surface area contributed by atoms with E-state index >= 15 is 0 Å². The Morgan fingerprint density at radius 1 is 1.00 bits per heavy atom. The molecule has 2 aromatic rings. The van der Waals surface area contributed by atoms with Crippen molar-refractivity contribution in [1.82, 2.24) is 15.8 Å². The maximum atomic E-state index is 13.3. The minimum absolute atomic E-state index is 0.305. The Morgan fingerprint density at radius 2 is 1.64 bits per heavy atom. The van der Waals surface area contributed by atoms with Gasteiger partial charge in [0.25, 0.3) is 11.8 Å². The Hall–Kier alpha value is -3.09. The van der Waals surface area contributed by atoms with E-state index in [-0.39, 0.29) is 5.56 Å². The molecule has 1 aromatic heterocycles. The predicted molar refractivity (Wildman–Crippen MR) is 75.2 cm³/mol. The molecule has 0 saturated carbocycles. The number of hydrazine groups is 1. The van der Waals surface area contributed by atoms with Crippen LogP contribution in [0.2, 0.25) is 0 Å². The summed E-state index contributed by atoms with van der Waals surface area (Å²) >= 11 is 0. The highest BCUT2D eigenvalue weighted by Crippen LogP contribution is 2.13. The van der Waals surface area contributed by atoms with Gasteiger partial charge in [-0.1, -0.05) is 6.07 Å². The van der Waals surface area contributed by atoms with Gasteiger partial charge in [-0.2, -0.15) is 0 Å². The molecule has 0 aliphatic rings. The Balaban J connectivity index is 1.93. The zero-order chi connectivity index (χ0) is 15.9. The molecular weight excluding hydrogens is 292 g/mol. The van der Waals surface area contributed by atoms with E-state index in [0.717, 1.165) is 24.3 Å². The van der Waals surface area contributed by atoms with Gasteiger partial charge in [-0.25, -0.2) is 8.78 Å². The third-order valence-corrected chi connectivity index (χ3v) is 2.64. The van der Waals surface area contributed by atoms with E-state index in [1.807, 2.05) is 0 Å². The van der Waals surface area contributed by atoms with Crippen LogP contribution < -0.4 is 10.9 Å². The van der Waals surface area contributed by atoms with Crippen molar-refractivity contribution < 1.29 is 18.4 Å². The summed E-state index contributed by atoms with van der Waals surface area (Å²) in [6.45, 7) is 0. The molecule has 5 nitrogen and oxygen atoms in total. The first-order chi connectivity index (χ1) is 10.6. The van der Waals surface area contributed by atoms with Crippen LogP contribution >= 0.6 is 0 Å². The molecular formula is C15H11F2N3O2. The van der Waals surface area contributed by atoms with Crippen molar-refractivity contribution in [2.75, 3.05) is 0 Å². The molecule has 0 atom stereocenters. The quantitative estimate of drug-likeness (QED) is 0.671. The van der Waals surface area contributed by atoms with Crippen molar-refractivity contribution in [3.05, 3.63) is 71.6 Å². The van der Waals surface area contributed by atoms with Gasteiger partial charge in [-0.05, 0) is 30.3 Å². The number of carbonyl (C=O) groups is 2. The third kappa shape index (κ3) is 3.95. The third-order valence-electron chi connectivity index (χ3n) is 2.64. The summed E-state index contributed by atoms with van der Waals surface area (Å²) in [6.07, 6.45) is 4.75. The van der Waals surface area contributed by atoms with Gasteiger partial charge in [0, 0.05) is 29.6 Å². The lowest BCUT2D eigenvalue weighted by molar-refractivity contribution is -0.117. The smallest absolute Gasteiger partial charge is 0.268 e. The number of pyridine rings is 1. The highest BCUT2D eigenvalue weighted by atomic mass is 19.1. The highest BCUT2D eigenvalue weighted by Gasteiger charge is 2.07. The van der Waals surface area contributed by atoms with Crippen LogP contribution in [0.1, 0.15) is 15.9 Å². The van der Waals surface area contributed by atoms with Crippen molar-refractivity contribution >= 4 is 17.9 Å². The van der Waals surface area contributed by atoms with Gasteiger partial charge in [0.15, 0.2) is 0 Å². The lowest BCUT2D eigenvalue weighted by Gasteiger charge is -2.04. The minimum Gasteiger partial charge on any atom is -0.268 e. The summed E-state index contributed by atoms with van der Waals surface area (Å²) in [4.78, 5) is 26.9. The number of halogens is 2. The van der Waals surface area contributed by atoms with Gasteiger partial charge < -0.3 is 0 Å². The first-order valence-electron chi connectivity index (χ1n) is 6.20. The first kappa shape index (κ1) is 15.3. The van der Waals surface area contributed by atoms with E-state index in [9.17, 15) is 18.4 Å². The summed E-state index contributed by atoms with van der Waals surface area (Å²) in [5, 5.41) is 0. The molecule has 112 valence electrons. The van der Waals surface area contributed by atoms with Gasteiger partial charge in [0.1, 0.15) is 11.6 Å². The standard InChI is InChI=1S/C15H11F2N3O2/c16-12-2-1-3-13(17)11(12)4-5-14(21)19-20-15(22)10-6-8-18-9-7-10/h1-9H,(H,19,21)(H,20,22)/b5-4+. The van der Waals surface area contributed by atoms with E-state index < -0.39 is 23.4 Å². The summed E-state index contributed by atoms with van der Waals surface area (Å²) < 4.78 is 26.7. The van der Waals surface area contributed by atoms with E-state index in [2.05, 4.69) is 15.8 Å². The van der Waals surface area contributed by atoms with Crippen molar-refractivity contribution in [1.29, 1.82) is 0 Å². The maximum Gasteiger partial charge on any atom is 0.269 e. The minimum atomic E-state index is -0.787. The fourth-order valence-electron chi connectivity index (χ4n) is 1.56. The summed E-state index contributed by atoms with van der Waals surface area (Å²) in [6, 6.07) is 6.30. The van der Waals surface area contributed by atoms with Crippen LogP contribution in [-0.2, 0) is 4.79 Å². The van der Waals surface area contributed by atoms with E-state index in [4.69, 9.17) is 0 Å². The fraction of sp³-hybridized carbons (Fsp3) is 0. The van der Waals surface area contributed by atoms with Gasteiger partial charge in [-0.15, -0.1) is 0 Å². The van der Waals surface area contributed by atoms with Crippen molar-refractivity contribution in [2.45, 2.75) is 0 Å². The summed E-state index contributed by atoms with van der Waals surface area (Å²) in [5.41, 5.74) is 4.23. The zero-order valence-electron chi connectivity index (χ0n) is 11.2. The number of benzene rings is 1. The normalized spacial score (nSPS) is 10.5. The van der Waals surface area contributed by atoms with E-state index in [0.29, 0.717) is 5.56 Å². The molecule has 2 amide bonds. The predicted octanol–water partition coefficient (Wildman–Crippen LogP) is 1.83. The highest BCUT2D eigenvalue weighted by molar-refractivity contribution is 5.97. The molecule has 1 heterocycles. The average Bonchev–Trinajstić information content (AvgIpc) is 2.53. The number of amides is 2. The second-order valence-corrected chi connectivity index (χ2v) is 4.15. The van der Waals surface area contributed by atoms with E-state index in [1.165, 1.54) is 30.6 Å². The molecule has 2 N–H and O–H groups in total. The molecule has 0 spiro atoms. The van der Waals surface area contributed by atoms with Gasteiger partial charge >= 0.3 is 0 Å². The molecule has 2 rings (SSSR count). The van der Waals surface area contributed by atoms with Crippen molar-refractivity contribution in [3.8, 4) is 0 Å². The van der Waals surface area contributed by atoms with Crippen LogP contribution in [0.3, 0.4) is 0 Å².